The van der Waals surface area contributed by atoms with Gasteiger partial charge in [-0.3, -0.25) is 4.98 Å². The van der Waals surface area contributed by atoms with Crippen molar-refractivity contribution in [2.24, 2.45) is 4.99 Å². The molecule has 0 atom stereocenters. The van der Waals surface area contributed by atoms with E-state index < -0.39 is 11.7 Å². The molecule has 0 aliphatic carbocycles. The maximum Gasteiger partial charge on any atom is 0.417 e. The van der Waals surface area contributed by atoms with Crippen LogP contribution >= 0.6 is 0 Å². The standard InChI is InChI=1S/C17H19F3N4O/c1-4-7-25-15-10-22-6-5-13(15)11(2)24-14-8-12(17(18,19)20)9-23-16(14)21-3/h5-6,8-10H,4,7H2,1-3H3,(H,21,23). The van der Waals surface area contributed by atoms with Crippen LogP contribution in [0.15, 0.2) is 35.7 Å². The molecule has 2 aromatic rings. The molecule has 134 valence electrons. The molecule has 1 N–H and O–H groups in total. The lowest BCUT2D eigenvalue weighted by Gasteiger charge is -2.12. The molecular formula is C17H19F3N4O. The summed E-state index contributed by atoms with van der Waals surface area (Å²) in [4.78, 5) is 12.1. The Morgan fingerprint density at radius 2 is 2.08 bits per heavy atom. The number of rotatable bonds is 6. The van der Waals surface area contributed by atoms with Gasteiger partial charge in [0.25, 0.3) is 0 Å². The summed E-state index contributed by atoms with van der Waals surface area (Å²) >= 11 is 0. The number of alkyl halides is 3. The van der Waals surface area contributed by atoms with Crippen LogP contribution in [0.2, 0.25) is 0 Å². The van der Waals surface area contributed by atoms with Crippen LogP contribution in [0.5, 0.6) is 5.75 Å². The van der Waals surface area contributed by atoms with Gasteiger partial charge in [0.15, 0.2) is 5.82 Å². The first kappa shape index (κ1) is 18.7. The van der Waals surface area contributed by atoms with Crippen LogP contribution in [0.3, 0.4) is 0 Å². The minimum atomic E-state index is -4.48. The third kappa shape index (κ3) is 4.68. The van der Waals surface area contributed by atoms with Crippen molar-refractivity contribution in [3.8, 4) is 5.75 Å². The highest BCUT2D eigenvalue weighted by molar-refractivity contribution is 6.02. The average Bonchev–Trinajstić information content (AvgIpc) is 2.59. The second-order valence-corrected chi connectivity index (χ2v) is 5.26. The normalized spacial score (nSPS) is 12.2. The first-order valence-corrected chi connectivity index (χ1v) is 7.74. The van der Waals surface area contributed by atoms with Gasteiger partial charge in [0, 0.05) is 30.7 Å². The number of ether oxygens (including phenoxy) is 1. The molecule has 2 aromatic heterocycles. The molecule has 0 aromatic carbocycles. The van der Waals surface area contributed by atoms with Gasteiger partial charge in [-0.2, -0.15) is 13.2 Å². The van der Waals surface area contributed by atoms with Crippen LogP contribution in [0, 0.1) is 0 Å². The van der Waals surface area contributed by atoms with Gasteiger partial charge in [-0.05, 0) is 25.5 Å². The lowest BCUT2D eigenvalue weighted by molar-refractivity contribution is -0.137. The van der Waals surface area contributed by atoms with Gasteiger partial charge in [0.05, 0.1) is 18.4 Å². The number of nitrogens with one attached hydrogen (secondary N) is 1. The van der Waals surface area contributed by atoms with Gasteiger partial charge in [0.1, 0.15) is 11.4 Å². The van der Waals surface area contributed by atoms with Crippen LogP contribution in [0.4, 0.5) is 24.7 Å². The predicted molar refractivity (Wildman–Crippen MR) is 90.7 cm³/mol. The van der Waals surface area contributed by atoms with E-state index in [-0.39, 0.29) is 11.5 Å². The minimum absolute atomic E-state index is 0.105. The Morgan fingerprint density at radius 3 is 2.72 bits per heavy atom. The van der Waals surface area contributed by atoms with Crippen molar-refractivity contribution in [3.05, 3.63) is 41.9 Å². The average molecular weight is 352 g/mol. The van der Waals surface area contributed by atoms with Gasteiger partial charge in [-0.1, -0.05) is 6.92 Å². The van der Waals surface area contributed by atoms with Crippen LogP contribution in [-0.4, -0.2) is 29.3 Å². The molecule has 0 radical (unpaired) electrons. The van der Waals surface area contributed by atoms with Gasteiger partial charge in [-0.25, -0.2) is 9.98 Å². The van der Waals surface area contributed by atoms with Crippen LogP contribution in [0.25, 0.3) is 0 Å². The first-order valence-electron chi connectivity index (χ1n) is 7.74. The van der Waals surface area contributed by atoms with E-state index in [9.17, 15) is 13.2 Å². The second-order valence-electron chi connectivity index (χ2n) is 5.26. The van der Waals surface area contributed by atoms with E-state index in [4.69, 9.17) is 4.74 Å². The Bertz CT molecular complexity index is 760. The molecule has 0 aliphatic heterocycles. The highest BCUT2D eigenvalue weighted by atomic mass is 19.4. The maximum absolute atomic E-state index is 12.9. The third-order valence-electron chi connectivity index (χ3n) is 3.36. The predicted octanol–water partition coefficient (Wildman–Crippen LogP) is 4.47. The number of aromatic nitrogens is 2. The quantitative estimate of drug-likeness (QED) is 0.780. The van der Waals surface area contributed by atoms with E-state index >= 15 is 0 Å². The number of hydrogen-bond acceptors (Lipinski definition) is 5. The van der Waals surface area contributed by atoms with Gasteiger partial charge < -0.3 is 10.1 Å². The summed E-state index contributed by atoms with van der Waals surface area (Å²) in [6, 6.07) is 2.68. The maximum atomic E-state index is 12.9. The summed E-state index contributed by atoms with van der Waals surface area (Å²) in [7, 11) is 1.58. The number of aliphatic imine (C=N–C) groups is 1. The smallest absolute Gasteiger partial charge is 0.417 e. The summed E-state index contributed by atoms with van der Waals surface area (Å²) in [6.45, 7) is 4.19. The van der Waals surface area contributed by atoms with Gasteiger partial charge in [0.2, 0.25) is 0 Å². The molecule has 0 fully saturated rings. The number of anilines is 1. The number of pyridine rings is 2. The van der Waals surface area contributed by atoms with Crippen LogP contribution in [-0.2, 0) is 6.18 Å². The number of halogens is 3. The van der Waals surface area contributed by atoms with Crippen molar-refractivity contribution < 1.29 is 17.9 Å². The summed E-state index contributed by atoms with van der Waals surface area (Å²) in [5, 5.41) is 2.75. The van der Waals surface area contributed by atoms with Crippen molar-refractivity contribution in [1.82, 2.24) is 9.97 Å². The van der Waals surface area contributed by atoms with Crippen LogP contribution < -0.4 is 10.1 Å². The van der Waals surface area contributed by atoms with Crippen molar-refractivity contribution in [1.29, 1.82) is 0 Å². The lowest BCUT2D eigenvalue weighted by atomic mass is 10.1. The van der Waals surface area contributed by atoms with E-state index in [0.29, 0.717) is 23.6 Å². The SMILES string of the molecule is CCCOc1cnccc1C(C)=Nc1cc(C(F)(F)F)cnc1NC. The van der Waals surface area contributed by atoms with E-state index in [1.807, 2.05) is 6.92 Å². The molecule has 0 saturated carbocycles. The molecular weight excluding hydrogens is 333 g/mol. The summed E-state index contributed by atoms with van der Waals surface area (Å²) in [5.41, 5.74) is 0.428. The van der Waals surface area contributed by atoms with Crippen molar-refractivity contribution in [2.75, 3.05) is 19.0 Å². The molecule has 5 nitrogen and oxygen atoms in total. The Kier molecular flexibility index (Phi) is 5.95. The van der Waals surface area contributed by atoms with Crippen molar-refractivity contribution >= 4 is 17.2 Å². The molecule has 0 amide bonds. The zero-order valence-electron chi connectivity index (χ0n) is 14.2. The van der Waals surface area contributed by atoms with Gasteiger partial charge >= 0.3 is 6.18 Å². The highest BCUT2D eigenvalue weighted by Crippen LogP contribution is 2.34. The highest BCUT2D eigenvalue weighted by Gasteiger charge is 2.31. The van der Waals surface area contributed by atoms with Crippen molar-refractivity contribution in [2.45, 2.75) is 26.4 Å². The molecule has 2 rings (SSSR count). The van der Waals surface area contributed by atoms with Gasteiger partial charge in [-0.15, -0.1) is 0 Å². The molecule has 2 heterocycles. The number of hydrogen-bond donors (Lipinski definition) is 1. The molecule has 0 saturated heterocycles. The fraction of sp³-hybridized carbons (Fsp3) is 0.353. The summed E-state index contributed by atoms with van der Waals surface area (Å²) in [5.74, 6) is 0.800. The topological polar surface area (TPSA) is 59.4 Å². The Labute approximate surface area is 144 Å². The zero-order chi connectivity index (χ0) is 18.4. The minimum Gasteiger partial charge on any atom is -0.491 e. The van der Waals surface area contributed by atoms with Crippen LogP contribution in [0.1, 0.15) is 31.4 Å². The number of nitrogens with zero attached hydrogens (tertiary/aromatic N) is 3. The van der Waals surface area contributed by atoms with E-state index in [1.165, 1.54) is 0 Å². The largest absolute Gasteiger partial charge is 0.491 e. The summed E-state index contributed by atoms with van der Waals surface area (Å²) < 4.78 is 44.4. The zero-order valence-corrected chi connectivity index (χ0v) is 14.2. The fourth-order valence-electron chi connectivity index (χ4n) is 2.13. The molecule has 0 spiro atoms. The molecule has 8 heteroatoms. The molecule has 0 bridgehead atoms. The Hall–Kier alpha value is -2.64. The van der Waals surface area contributed by atoms with E-state index in [2.05, 4.69) is 20.3 Å². The Balaban J connectivity index is 2.46. The summed E-state index contributed by atoms with van der Waals surface area (Å²) in [6.07, 6.45) is 0.266. The molecule has 25 heavy (non-hydrogen) atoms. The lowest BCUT2D eigenvalue weighted by Crippen LogP contribution is -2.07. The molecule has 0 aliphatic rings. The third-order valence-corrected chi connectivity index (χ3v) is 3.36. The second kappa shape index (κ2) is 7.96. The molecule has 0 unspecified atom stereocenters. The first-order chi connectivity index (χ1) is 11.9. The van der Waals surface area contributed by atoms with Crippen molar-refractivity contribution in [3.63, 3.8) is 0 Å². The fourth-order valence-corrected chi connectivity index (χ4v) is 2.13. The van der Waals surface area contributed by atoms with E-state index in [0.717, 1.165) is 18.7 Å². The Morgan fingerprint density at radius 1 is 1.32 bits per heavy atom. The van der Waals surface area contributed by atoms with E-state index in [1.54, 1.807) is 32.4 Å². The monoisotopic (exact) mass is 352 g/mol.